The first-order valence-corrected chi connectivity index (χ1v) is 15.8. The van der Waals surface area contributed by atoms with Gasteiger partial charge in [-0.1, -0.05) is 12.1 Å². The van der Waals surface area contributed by atoms with Gasteiger partial charge in [-0.15, -0.1) is 0 Å². The molecule has 2 fully saturated rings. The number of nitrogens with zero attached hydrogens (tertiary/aromatic N) is 3. The molecular weight excluding hydrogens is 502 g/mol. The zero-order valence-electron chi connectivity index (χ0n) is 20.1. The molecule has 194 valence electrons. The molecule has 5 rings (SSSR count). The van der Waals surface area contributed by atoms with Gasteiger partial charge in [-0.2, -0.15) is 4.98 Å². The molecule has 0 atom stereocenters. The maximum absolute atomic E-state index is 11.9. The van der Waals surface area contributed by atoms with Gasteiger partial charge in [0, 0.05) is 29.9 Å². The van der Waals surface area contributed by atoms with Gasteiger partial charge in [-0.3, -0.25) is 0 Å². The monoisotopic (exact) mass is 533 g/mol. The number of fused-ring (bicyclic) bond motifs is 1. The fourth-order valence-electron chi connectivity index (χ4n) is 5.31. The maximum atomic E-state index is 11.9. The van der Waals surface area contributed by atoms with Crippen molar-refractivity contribution in [3.05, 3.63) is 48.3 Å². The fraction of sp³-hybridized carbons (Fsp3) is 0.500. The number of rotatable bonds is 6. The summed E-state index contributed by atoms with van der Waals surface area (Å²) in [6.45, 7) is 0. The summed E-state index contributed by atoms with van der Waals surface area (Å²) < 4.78 is 51.4. The summed E-state index contributed by atoms with van der Waals surface area (Å²) in [6, 6.07) is 9.55. The number of hydrogen-bond acceptors (Lipinski definition) is 8. The van der Waals surface area contributed by atoms with Crippen LogP contribution in [-0.2, 0) is 25.5 Å². The van der Waals surface area contributed by atoms with Crippen molar-refractivity contribution in [1.29, 1.82) is 0 Å². The van der Waals surface area contributed by atoms with E-state index in [-0.39, 0.29) is 36.4 Å². The number of aliphatic hydroxyl groups is 1. The Labute approximate surface area is 211 Å². The Morgan fingerprint density at radius 3 is 2.44 bits per heavy atom. The molecule has 36 heavy (non-hydrogen) atoms. The number of benzene rings is 1. The molecule has 2 aromatic heterocycles. The van der Waals surface area contributed by atoms with E-state index in [1.54, 1.807) is 6.20 Å². The highest BCUT2D eigenvalue weighted by atomic mass is 32.2. The molecule has 1 aliphatic carbocycles. The minimum atomic E-state index is -3.21. The highest BCUT2D eigenvalue weighted by molar-refractivity contribution is 7.91. The maximum Gasteiger partial charge on any atom is 0.224 e. The van der Waals surface area contributed by atoms with Crippen molar-refractivity contribution < 1.29 is 21.9 Å². The minimum Gasteiger partial charge on any atom is -0.385 e. The fourth-order valence-corrected chi connectivity index (χ4v) is 7.65. The largest absolute Gasteiger partial charge is 0.385 e. The van der Waals surface area contributed by atoms with Crippen LogP contribution in [0.3, 0.4) is 0 Å². The SMILES string of the molecule is CS(=O)(=O)N[C@H]1CC[C@H](Nc2nccc(-n3ccc4c(C5(O)CCS(=O)(=O)CC5)cccc43)n2)CC1. The summed E-state index contributed by atoms with van der Waals surface area (Å²) >= 11 is 0. The van der Waals surface area contributed by atoms with E-state index in [0.717, 1.165) is 42.1 Å². The predicted octanol–water partition coefficient (Wildman–Crippen LogP) is 2.09. The third-order valence-electron chi connectivity index (χ3n) is 7.22. The number of nitrogens with one attached hydrogen (secondary N) is 2. The van der Waals surface area contributed by atoms with E-state index in [0.29, 0.717) is 11.8 Å². The molecule has 0 radical (unpaired) electrons. The third-order valence-corrected chi connectivity index (χ3v) is 9.63. The molecule has 0 amide bonds. The molecule has 1 saturated carbocycles. The van der Waals surface area contributed by atoms with E-state index < -0.39 is 25.5 Å². The summed E-state index contributed by atoms with van der Waals surface area (Å²) in [6.07, 6.45) is 8.26. The van der Waals surface area contributed by atoms with Crippen molar-refractivity contribution in [2.24, 2.45) is 0 Å². The normalized spacial score (nSPS) is 23.9. The lowest BCUT2D eigenvalue weighted by atomic mass is 9.86. The minimum absolute atomic E-state index is 0.0201. The molecule has 0 spiro atoms. The summed E-state index contributed by atoms with van der Waals surface area (Å²) in [7, 11) is -6.31. The summed E-state index contributed by atoms with van der Waals surface area (Å²) in [5, 5.41) is 15.6. The van der Waals surface area contributed by atoms with Crippen LogP contribution in [-0.4, -0.2) is 66.3 Å². The second-order valence-electron chi connectivity index (χ2n) is 9.93. The van der Waals surface area contributed by atoms with E-state index in [2.05, 4.69) is 15.0 Å². The van der Waals surface area contributed by atoms with Crippen LogP contribution in [0.1, 0.15) is 44.1 Å². The number of aromatic nitrogens is 3. The first kappa shape index (κ1) is 25.1. The van der Waals surface area contributed by atoms with Crippen LogP contribution < -0.4 is 10.0 Å². The Morgan fingerprint density at radius 2 is 1.75 bits per heavy atom. The molecule has 1 aliphatic heterocycles. The number of hydrogen-bond donors (Lipinski definition) is 3. The molecule has 1 saturated heterocycles. The quantitative estimate of drug-likeness (QED) is 0.437. The second-order valence-corrected chi connectivity index (χ2v) is 14.0. The first-order valence-electron chi connectivity index (χ1n) is 12.1. The average Bonchev–Trinajstić information content (AvgIpc) is 3.26. The van der Waals surface area contributed by atoms with Crippen LogP contribution in [0.4, 0.5) is 5.95 Å². The molecule has 3 aromatic rings. The van der Waals surface area contributed by atoms with Gasteiger partial charge in [0.1, 0.15) is 5.82 Å². The molecule has 3 heterocycles. The van der Waals surface area contributed by atoms with Crippen LogP contribution in [0.25, 0.3) is 16.7 Å². The van der Waals surface area contributed by atoms with E-state index in [1.165, 1.54) is 6.26 Å². The number of sulfone groups is 1. The molecule has 12 heteroatoms. The van der Waals surface area contributed by atoms with Crippen molar-refractivity contribution in [1.82, 2.24) is 19.3 Å². The van der Waals surface area contributed by atoms with Gasteiger partial charge in [0.25, 0.3) is 0 Å². The Kier molecular flexibility index (Phi) is 6.56. The standard InChI is InChI=1S/C24H31N5O5S2/c1-35(31,32)28-18-7-5-17(6-8-18)26-23-25-13-9-22(27-23)29-14-10-19-20(3-2-4-21(19)29)24(30)11-15-36(33,34)16-12-24/h2-4,9-10,13-14,17-18,28,30H,5-8,11-12,15-16H2,1H3,(H,25,26,27)/t17-,18-. The van der Waals surface area contributed by atoms with Gasteiger partial charge in [-0.25, -0.2) is 26.5 Å². The number of anilines is 1. The lowest BCUT2D eigenvalue weighted by molar-refractivity contribution is 0.0278. The van der Waals surface area contributed by atoms with Crippen LogP contribution in [0.15, 0.2) is 42.7 Å². The molecule has 0 unspecified atom stereocenters. The van der Waals surface area contributed by atoms with E-state index in [4.69, 9.17) is 4.98 Å². The van der Waals surface area contributed by atoms with Crippen molar-refractivity contribution >= 4 is 36.7 Å². The van der Waals surface area contributed by atoms with Gasteiger partial charge >= 0.3 is 0 Å². The smallest absolute Gasteiger partial charge is 0.224 e. The molecule has 3 N–H and O–H groups in total. The molecule has 10 nitrogen and oxygen atoms in total. The molecule has 1 aromatic carbocycles. The Morgan fingerprint density at radius 1 is 1.06 bits per heavy atom. The van der Waals surface area contributed by atoms with Gasteiger partial charge in [-0.05, 0) is 62.3 Å². The third kappa shape index (κ3) is 5.41. The zero-order chi connectivity index (χ0) is 25.6. The van der Waals surface area contributed by atoms with Gasteiger partial charge < -0.3 is 15.0 Å². The van der Waals surface area contributed by atoms with Crippen molar-refractivity contribution in [2.75, 3.05) is 23.1 Å². The van der Waals surface area contributed by atoms with Gasteiger partial charge in [0.15, 0.2) is 9.84 Å². The van der Waals surface area contributed by atoms with Crippen LogP contribution in [0.2, 0.25) is 0 Å². The van der Waals surface area contributed by atoms with Crippen LogP contribution >= 0.6 is 0 Å². The van der Waals surface area contributed by atoms with Crippen LogP contribution in [0, 0.1) is 0 Å². The van der Waals surface area contributed by atoms with Crippen LogP contribution in [0.5, 0.6) is 0 Å². The van der Waals surface area contributed by atoms with Crippen molar-refractivity contribution in [3.63, 3.8) is 0 Å². The first-order chi connectivity index (χ1) is 17.0. The second kappa shape index (κ2) is 9.40. The van der Waals surface area contributed by atoms with Gasteiger partial charge in [0.05, 0.1) is 28.9 Å². The molecule has 2 aliphatic rings. The average molecular weight is 534 g/mol. The van der Waals surface area contributed by atoms with Crippen molar-refractivity contribution in [2.45, 2.75) is 56.2 Å². The molecular formula is C24H31N5O5S2. The summed E-state index contributed by atoms with van der Waals surface area (Å²) in [4.78, 5) is 9.08. The van der Waals surface area contributed by atoms with Gasteiger partial charge in [0.2, 0.25) is 16.0 Å². The highest BCUT2D eigenvalue weighted by Gasteiger charge is 2.38. The highest BCUT2D eigenvalue weighted by Crippen LogP contribution is 2.38. The zero-order valence-corrected chi connectivity index (χ0v) is 21.7. The Balaban J connectivity index is 1.34. The lowest BCUT2D eigenvalue weighted by Gasteiger charge is -2.33. The topological polar surface area (TPSA) is 143 Å². The van der Waals surface area contributed by atoms with E-state index in [1.807, 2.05) is 41.1 Å². The summed E-state index contributed by atoms with van der Waals surface area (Å²) in [5.41, 5.74) is 0.423. The molecule has 0 bridgehead atoms. The Hall–Kier alpha value is -2.54. The predicted molar refractivity (Wildman–Crippen MR) is 138 cm³/mol. The Bertz CT molecular complexity index is 1460. The summed E-state index contributed by atoms with van der Waals surface area (Å²) in [5.74, 6) is 1.13. The number of sulfonamides is 1. The lowest BCUT2D eigenvalue weighted by Crippen LogP contribution is -2.39. The van der Waals surface area contributed by atoms with E-state index in [9.17, 15) is 21.9 Å². The van der Waals surface area contributed by atoms with Crippen molar-refractivity contribution in [3.8, 4) is 5.82 Å². The van der Waals surface area contributed by atoms with E-state index >= 15 is 0 Å².